The van der Waals surface area contributed by atoms with Crippen molar-refractivity contribution in [3.05, 3.63) is 53.6 Å². The Labute approximate surface area is 148 Å². The van der Waals surface area contributed by atoms with Gasteiger partial charge in [-0.2, -0.15) is 0 Å². The van der Waals surface area contributed by atoms with Crippen LogP contribution in [0.25, 0.3) is 11.5 Å². The van der Waals surface area contributed by atoms with Gasteiger partial charge < -0.3 is 13.9 Å². The molecule has 3 rings (SSSR count). The molecule has 2 aromatic carbocycles. The van der Waals surface area contributed by atoms with Crippen LogP contribution in [0, 0.1) is 0 Å². The quantitative estimate of drug-likeness (QED) is 0.453. The van der Waals surface area contributed by atoms with Crippen molar-refractivity contribution in [1.29, 1.82) is 0 Å². The van der Waals surface area contributed by atoms with Crippen molar-refractivity contribution < 1.29 is 13.9 Å². The Morgan fingerprint density at radius 3 is 2.83 bits per heavy atom. The SMILES string of the molecule is COc1ccccc1-c1nnc(SCCOc2cccc(Cl)c2)o1. The summed E-state index contributed by atoms with van der Waals surface area (Å²) in [6.07, 6.45) is 0. The Kier molecular flexibility index (Phi) is 5.61. The van der Waals surface area contributed by atoms with E-state index < -0.39 is 0 Å². The average Bonchev–Trinajstić information content (AvgIpc) is 3.07. The molecule has 0 unspecified atom stereocenters. The summed E-state index contributed by atoms with van der Waals surface area (Å²) < 4.78 is 16.6. The number of methoxy groups -OCH3 is 1. The van der Waals surface area contributed by atoms with Crippen LogP contribution in [-0.2, 0) is 0 Å². The molecule has 0 radical (unpaired) electrons. The topological polar surface area (TPSA) is 57.4 Å². The number of nitrogens with zero attached hydrogens (tertiary/aromatic N) is 2. The largest absolute Gasteiger partial charge is 0.496 e. The molecule has 1 heterocycles. The van der Waals surface area contributed by atoms with Gasteiger partial charge in [-0.25, -0.2) is 0 Å². The third kappa shape index (κ3) is 4.21. The molecule has 0 atom stereocenters. The number of halogens is 1. The number of benzene rings is 2. The Morgan fingerprint density at radius 2 is 2.00 bits per heavy atom. The third-order valence-corrected chi connectivity index (χ3v) is 4.14. The summed E-state index contributed by atoms with van der Waals surface area (Å²) in [5, 5.41) is 9.25. The van der Waals surface area contributed by atoms with Crippen LogP contribution in [0.3, 0.4) is 0 Å². The summed E-state index contributed by atoms with van der Waals surface area (Å²) in [6.45, 7) is 0.511. The third-order valence-electron chi connectivity index (χ3n) is 3.12. The van der Waals surface area contributed by atoms with Crippen molar-refractivity contribution in [1.82, 2.24) is 10.2 Å². The Hall–Kier alpha value is -2.18. The van der Waals surface area contributed by atoms with Crippen LogP contribution in [0.1, 0.15) is 0 Å². The van der Waals surface area contributed by atoms with Gasteiger partial charge in [0, 0.05) is 10.8 Å². The highest BCUT2D eigenvalue weighted by Crippen LogP contribution is 2.30. The molecule has 0 N–H and O–H groups in total. The molecule has 5 nitrogen and oxygen atoms in total. The molecule has 0 bridgehead atoms. The van der Waals surface area contributed by atoms with Gasteiger partial charge in [0.2, 0.25) is 0 Å². The summed E-state index contributed by atoms with van der Waals surface area (Å²) >= 11 is 7.34. The number of para-hydroxylation sites is 1. The first kappa shape index (κ1) is 16.7. The van der Waals surface area contributed by atoms with Crippen LogP contribution >= 0.6 is 23.4 Å². The van der Waals surface area contributed by atoms with E-state index in [4.69, 9.17) is 25.5 Å². The predicted octanol–water partition coefficient (Wildman–Crippen LogP) is 4.57. The van der Waals surface area contributed by atoms with Crippen molar-refractivity contribution in [2.75, 3.05) is 19.5 Å². The van der Waals surface area contributed by atoms with Gasteiger partial charge in [-0.15, -0.1) is 10.2 Å². The molecule has 0 spiro atoms. The van der Waals surface area contributed by atoms with E-state index in [1.165, 1.54) is 11.8 Å². The lowest BCUT2D eigenvalue weighted by Crippen LogP contribution is -1.99. The van der Waals surface area contributed by atoms with Gasteiger partial charge in [-0.1, -0.05) is 41.6 Å². The van der Waals surface area contributed by atoms with E-state index in [2.05, 4.69) is 10.2 Å². The summed E-state index contributed by atoms with van der Waals surface area (Å²) in [5.41, 5.74) is 0.773. The molecule has 7 heteroatoms. The van der Waals surface area contributed by atoms with Gasteiger partial charge in [0.15, 0.2) is 0 Å². The van der Waals surface area contributed by atoms with Crippen LogP contribution in [0.5, 0.6) is 11.5 Å². The van der Waals surface area contributed by atoms with E-state index in [1.54, 1.807) is 19.2 Å². The minimum absolute atomic E-state index is 0.436. The fraction of sp³-hybridized carbons (Fsp3) is 0.176. The van der Waals surface area contributed by atoms with Gasteiger partial charge in [0.1, 0.15) is 11.5 Å². The highest BCUT2D eigenvalue weighted by Gasteiger charge is 2.13. The summed E-state index contributed by atoms with van der Waals surface area (Å²) in [6, 6.07) is 14.8. The maximum atomic E-state index is 5.91. The number of hydrogen-bond acceptors (Lipinski definition) is 6. The Bertz CT molecular complexity index is 810. The zero-order valence-electron chi connectivity index (χ0n) is 12.9. The van der Waals surface area contributed by atoms with E-state index in [-0.39, 0.29) is 0 Å². The van der Waals surface area contributed by atoms with Gasteiger partial charge in [-0.3, -0.25) is 0 Å². The molecule has 124 valence electrons. The van der Waals surface area contributed by atoms with E-state index in [0.29, 0.717) is 34.2 Å². The first-order chi connectivity index (χ1) is 11.8. The molecule has 0 saturated carbocycles. The second kappa shape index (κ2) is 8.08. The minimum Gasteiger partial charge on any atom is -0.496 e. The fourth-order valence-corrected chi connectivity index (χ4v) is 2.80. The number of aromatic nitrogens is 2. The molecule has 3 aromatic rings. The zero-order valence-corrected chi connectivity index (χ0v) is 14.5. The average molecular weight is 363 g/mol. The van der Waals surface area contributed by atoms with Crippen molar-refractivity contribution in [2.24, 2.45) is 0 Å². The zero-order chi connectivity index (χ0) is 16.8. The van der Waals surface area contributed by atoms with Crippen LogP contribution in [-0.4, -0.2) is 29.7 Å². The van der Waals surface area contributed by atoms with Crippen molar-refractivity contribution in [3.63, 3.8) is 0 Å². The summed E-state index contributed by atoms with van der Waals surface area (Å²) in [5.74, 6) is 2.55. The van der Waals surface area contributed by atoms with E-state index in [9.17, 15) is 0 Å². The van der Waals surface area contributed by atoms with Crippen molar-refractivity contribution in [3.8, 4) is 23.0 Å². The van der Waals surface area contributed by atoms with Crippen LogP contribution in [0.4, 0.5) is 0 Å². The van der Waals surface area contributed by atoms with Gasteiger partial charge in [0.05, 0.1) is 19.3 Å². The fourth-order valence-electron chi connectivity index (χ4n) is 2.04. The second-order valence-corrected chi connectivity index (χ2v) is 6.21. The maximum absolute atomic E-state index is 5.91. The highest BCUT2D eigenvalue weighted by molar-refractivity contribution is 7.99. The number of thioether (sulfide) groups is 1. The highest BCUT2D eigenvalue weighted by atomic mass is 35.5. The van der Waals surface area contributed by atoms with Crippen LogP contribution < -0.4 is 9.47 Å². The molecule has 0 amide bonds. The summed E-state index contributed by atoms with van der Waals surface area (Å²) in [7, 11) is 1.61. The normalized spacial score (nSPS) is 10.6. The molecule has 24 heavy (non-hydrogen) atoms. The Morgan fingerprint density at radius 1 is 1.12 bits per heavy atom. The maximum Gasteiger partial charge on any atom is 0.276 e. The molecule has 0 aliphatic carbocycles. The predicted molar refractivity (Wildman–Crippen MR) is 94.0 cm³/mol. The lowest BCUT2D eigenvalue weighted by atomic mass is 10.2. The standard InChI is InChI=1S/C17H15ClN2O3S/c1-21-15-8-3-2-7-14(15)16-19-20-17(23-16)24-10-9-22-13-6-4-5-12(18)11-13/h2-8,11H,9-10H2,1H3. The van der Waals surface area contributed by atoms with E-state index in [1.807, 2.05) is 36.4 Å². The van der Waals surface area contributed by atoms with E-state index >= 15 is 0 Å². The lowest BCUT2D eigenvalue weighted by Gasteiger charge is -2.05. The van der Waals surface area contributed by atoms with Crippen molar-refractivity contribution >= 4 is 23.4 Å². The molecule has 1 aromatic heterocycles. The molecule has 0 aliphatic rings. The van der Waals surface area contributed by atoms with Gasteiger partial charge >= 0.3 is 0 Å². The minimum atomic E-state index is 0.436. The number of hydrogen-bond donors (Lipinski definition) is 0. The van der Waals surface area contributed by atoms with E-state index in [0.717, 1.165) is 11.3 Å². The first-order valence-corrected chi connectivity index (χ1v) is 8.60. The summed E-state index contributed by atoms with van der Waals surface area (Å²) in [4.78, 5) is 0. The Balaban J connectivity index is 1.55. The number of rotatable bonds is 7. The smallest absolute Gasteiger partial charge is 0.276 e. The molecular weight excluding hydrogens is 348 g/mol. The first-order valence-electron chi connectivity index (χ1n) is 7.24. The second-order valence-electron chi connectivity index (χ2n) is 4.73. The molecule has 0 saturated heterocycles. The van der Waals surface area contributed by atoms with Gasteiger partial charge in [0.25, 0.3) is 11.1 Å². The van der Waals surface area contributed by atoms with Gasteiger partial charge in [-0.05, 0) is 30.3 Å². The number of ether oxygens (including phenoxy) is 2. The lowest BCUT2D eigenvalue weighted by molar-refractivity contribution is 0.343. The monoisotopic (exact) mass is 362 g/mol. The van der Waals surface area contributed by atoms with Crippen molar-refractivity contribution in [2.45, 2.75) is 5.22 Å². The van der Waals surface area contributed by atoms with Crippen LogP contribution in [0.15, 0.2) is 58.2 Å². The molecule has 0 fully saturated rings. The molecular formula is C17H15ClN2O3S. The van der Waals surface area contributed by atoms with Crippen LogP contribution in [0.2, 0.25) is 5.02 Å². The molecule has 0 aliphatic heterocycles.